The maximum absolute atomic E-state index is 11.2. The second-order valence-corrected chi connectivity index (χ2v) is 2.79. The van der Waals surface area contributed by atoms with Crippen LogP contribution in [-0.4, -0.2) is 24.6 Å². The number of aliphatic hydroxyl groups excluding tert-OH is 1. The van der Waals surface area contributed by atoms with Gasteiger partial charge in [0.05, 0.1) is 12.7 Å². The molecule has 3 heteroatoms. The summed E-state index contributed by atoms with van der Waals surface area (Å²) in [4.78, 5) is 11.2. The zero-order valence-electron chi connectivity index (χ0n) is 7.70. The number of hydrogen-bond acceptors (Lipinski definition) is 3. The number of methoxy groups -OCH3 is 1. The Kier molecular flexibility index (Phi) is 3.03. The van der Waals surface area contributed by atoms with Crippen molar-refractivity contribution in [3.63, 3.8) is 0 Å². The van der Waals surface area contributed by atoms with Gasteiger partial charge >= 0.3 is 0 Å². The highest BCUT2D eigenvalue weighted by Crippen LogP contribution is 2.19. The van der Waals surface area contributed by atoms with Crippen LogP contribution in [0.15, 0.2) is 18.2 Å². The van der Waals surface area contributed by atoms with Crippen molar-refractivity contribution in [3.8, 4) is 5.75 Å². The number of carbonyl (C=O) groups is 1. The van der Waals surface area contributed by atoms with Crippen molar-refractivity contribution in [2.24, 2.45) is 0 Å². The van der Waals surface area contributed by atoms with Gasteiger partial charge in [-0.15, -0.1) is 0 Å². The van der Waals surface area contributed by atoms with Crippen LogP contribution in [0, 0.1) is 6.92 Å². The highest BCUT2D eigenvalue weighted by atomic mass is 16.5. The first-order valence-corrected chi connectivity index (χ1v) is 3.97. The molecule has 0 bridgehead atoms. The number of carbonyl (C=O) groups excluding carboxylic acids is 1. The number of ether oxygens (including phenoxy) is 1. The molecule has 13 heavy (non-hydrogen) atoms. The third-order valence-electron chi connectivity index (χ3n) is 1.80. The van der Waals surface area contributed by atoms with Gasteiger partial charge in [-0.2, -0.15) is 0 Å². The Hall–Kier alpha value is -1.35. The Morgan fingerprint density at radius 2 is 2.23 bits per heavy atom. The van der Waals surface area contributed by atoms with Crippen molar-refractivity contribution in [3.05, 3.63) is 29.3 Å². The average molecular weight is 180 g/mol. The molecule has 0 saturated carbocycles. The molecule has 3 nitrogen and oxygen atoms in total. The fraction of sp³-hybridized carbons (Fsp3) is 0.300. The summed E-state index contributed by atoms with van der Waals surface area (Å²) in [5.74, 6) is 0.191. The summed E-state index contributed by atoms with van der Waals surface area (Å²) < 4.78 is 5.02. The molecule has 0 radical (unpaired) electrons. The number of hydrogen-bond donors (Lipinski definition) is 1. The van der Waals surface area contributed by atoms with Gasteiger partial charge in [0.2, 0.25) is 0 Å². The lowest BCUT2D eigenvalue weighted by Crippen LogP contribution is -2.06. The SMILES string of the molecule is COc1cc(C)ccc1C(=O)CO. The highest BCUT2D eigenvalue weighted by Gasteiger charge is 2.10. The minimum Gasteiger partial charge on any atom is -0.496 e. The van der Waals surface area contributed by atoms with Crippen LogP contribution in [0.5, 0.6) is 5.75 Å². The predicted molar refractivity (Wildman–Crippen MR) is 49.1 cm³/mol. The molecule has 70 valence electrons. The number of rotatable bonds is 3. The summed E-state index contributed by atoms with van der Waals surface area (Å²) in [5.41, 5.74) is 1.45. The summed E-state index contributed by atoms with van der Waals surface area (Å²) in [5, 5.41) is 8.67. The largest absolute Gasteiger partial charge is 0.496 e. The van der Waals surface area contributed by atoms with E-state index < -0.39 is 6.61 Å². The van der Waals surface area contributed by atoms with E-state index in [-0.39, 0.29) is 5.78 Å². The summed E-state index contributed by atoms with van der Waals surface area (Å²) in [6.07, 6.45) is 0. The Morgan fingerprint density at radius 3 is 2.77 bits per heavy atom. The first-order valence-electron chi connectivity index (χ1n) is 3.97. The van der Waals surface area contributed by atoms with Crippen molar-refractivity contribution in [1.82, 2.24) is 0 Å². The normalized spacial score (nSPS) is 9.77. The quantitative estimate of drug-likeness (QED) is 0.710. The molecular formula is C10H12O3. The molecule has 0 amide bonds. The highest BCUT2D eigenvalue weighted by molar-refractivity contribution is 5.99. The zero-order chi connectivity index (χ0) is 9.84. The standard InChI is InChI=1S/C10H12O3/c1-7-3-4-8(9(12)6-11)10(5-7)13-2/h3-5,11H,6H2,1-2H3. The van der Waals surface area contributed by atoms with Crippen LogP contribution < -0.4 is 4.74 Å². The van der Waals surface area contributed by atoms with Gasteiger partial charge < -0.3 is 9.84 Å². The minimum atomic E-state index is -0.487. The fourth-order valence-corrected chi connectivity index (χ4v) is 1.11. The summed E-state index contributed by atoms with van der Waals surface area (Å²) in [7, 11) is 1.50. The van der Waals surface area contributed by atoms with Crippen LogP contribution >= 0.6 is 0 Å². The van der Waals surface area contributed by atoms with E-state index >= 15 is 0 Å². The van der Waals surface area contributed by atoms with Crippen LogP contribution in [0.2, 0.25) is 0 Å². The predicted octanol–water partition coefficient (Wildman–Crippen LogP) is 1.18. The molecule has 1 rings (SSSR count). The van der Waals surface area contributed by atoms with E-state index in [2.05, 4.69) is 0 Å². The third-order valence-corrected chi connectivity index (χ3v) is 1.80. The summed E-state index contributed by atoms with van der Waals surface area (Å²) in [6.45, 7) is 1.43. The number of benzene rings is 1. The van der Waals surface area contributed by atoms with Crippen molar-refractivity contribution in [1.29, 1.82) is 0 Å². The van der Waals surface area contributed by atoms with Crippen LogP contribution in [0.4, 0.5) is 0 Å². The molecule has 0 aromatic heterocycles. The van der Waals surface area contributed by atoms with Gasteiger partial charge in [0.15, 0.2) is 5.78 Å². The van der Waals surface area contributed by atoms with Crippen LogP contribution in [0.25, 0.3) is 0 Å². The molecule has 1 aromatic carbocycles. The molecule has 1 N–H and O–H groups in total. The third kappa shape index (κ3) is 2.06. The minimum absolute atomic E-state index is 0.322. The Bertz CT molecular complexity index is 318. The van der Waals surface area contributed by atoms with E-state index in [4.69, 9.17) is 9.84 Å². The zero-order valence-corrected chi connectivity index (χ0v) is 7.70. The maximum Gasteiger partial charge on any atom is 0.191 e. The van der Waals surface area contributed by atoms with Crippen molar-refractivity contribution < 1.29 is 14.6 Å². The monoisotopic (exact) mass is 180 g/mol. The van der Waals surface area contributed by atoms with Crippen LogP contribution in [0.1, 0.15) is 15.9 Å². The Balaban J connectivity index is 3.13. The van der Waals surface area contributed by atoms with Gasteiger partial charge in [-0.1, -0.05) is 6.07 Å². The second kappa shape index (κ2) is 4.05. The van der Waals surface area contributed by atoms with Crippen molar-refractivity contribution in [2.75, 3.05) is 13.7 Å². The lowest BCUT2D eigenvalue weighted by molar-refractivity contribution is 0.0900. The van der Waals surface area contributed by atoms with E-state index in [1.807, 2.05) is 13.0 Å². The van der Waals surface area contributed by atoms with Gasteiger partial charge in [0, 0.05) is 0 Å². The van der Waals surface area contributed by atoms with Crippen molar-refractivity contribution >= 4 is 5.78 Å². The molecule has 0 saturated heterocycles. The molecule has 0 unspecified atom stereocenters. The average Bonchev–Trinajstić information content (AvgIpc) is 2.16. The summed E-state index contributed by atoms with van der Waals surface area (Å²) in [6, 6.07) is 5.24. The van der Waals surface area contributed by atoms with Gasteiger partial charge in [0.1, 0.15) is 12.4 Å². The van der Waals surface area contributed by atoms with E-state index in [0.29, 0.717) is 11.3 Å². The number of aliphatic hydroxyl groups is 1. The van der Waals surface area contributed by atoms with Gasteiger partial charge in [-0.25, -0.2) is 0 Å². The molecule has 0 aliphatic carbocycles. The van der Waals surface area contributed by atoms with E-state index in [1.54, 1.807) is 12.1 Å². The van der Waals surface area contributed by atoms with Gasteiger partial charge in [-0.3, -0.25) is 4.79 Å². The smallest absolute Gasteiger partial charge is 0.191 e. The lowest BCUT2D eigenvalue weighted by atomic mass is 10.1. The first-order chi connectivity index (χ1) is 6.19. The summed E-state index contributed by atoms with van der Waals surface area (Å²) >= 11 is 0. The topological polar surface area (TPSA) is 46.5 Å². The fourth-order valence-electron chi connectivity index (χ4n) is 1.11. The number of aryl methyl sites for hydroxylation is 1. The molecule has 0 spiro atoms. The number of ketones is 1. The molecule has 0 aliphatic rings. The maximum atomic E-state index is 11.2. The van der Waals surface area contributed by atoms with Gasteiger partial charge in [-0.05, 0) is 24.6 Å². The molecule has 0 heterocycles. The van der Waals surface area contributed by atoms with E-state index in [9.17, 15) is 4.79 Å². The Morgan fingerprint density at radius 1 is 1.54 bits per heavy atom. The molecule has 0 fully saturated rings. The second-order valence-electron chi connectivity index (χ2n) is 2.79. The van der Waals surface area contributed by atoms with Crippen molar-refractivity contribution in [2.45, 2.75) is 6.92 Å². The first kappa shape index (κ1) is 9.74. The van der Waals surface area contributed by atoms with E-state index in [1.165, 1.54) is 7.11 Å². The van der Waals surface area contributed by atoms with Gasteiger partial charge in [0.25, 0.3) is 0 Å². The Labute approximate surface area is 77.0 Å². The van der Waals surface area contributed by atoms with Crippen LogP contribution in [0.3, 0.4) is 0 Å². The molecular weight excluding hydrogens is 168 g/mol. The molecule has 0 atom stereocenters. The molecule has 1 aromatic rings. The number of Topliss-reactive ketones (excluding diaryl/α,β-unsaturated/α-hetero) is 1. The van der Waals surface area contributed by atoms with Crippen LogP contribution in [-0.2, 0) is 0 Å². The van der Waals surface area contributed by atoms with E-state index in [0.717, 1.165) is 5.56 Å². The molecule has 0 aliphatic heterocycles. The lowest BCUT2D eigenvalue weighted by Gasteiger charge is -2.06.